The summed E-state index contributed by atoms with van der Waals surface area (Å²) in [5.74, 6) is -0.699. The van der Waals surface area contributed by atoms with E-state index in [4.69, 9.17) is 5.11 Å². The third-order valence-corrected chi connectivity index (χ3v) is 4.47. The number of hydrogen-bond donors (Lipinski definition) is 2. The number of nitrogens with one attached hydrogen (secondary N) is 1. The molecule has 0 saturated carbocycles. The highest BCUT2D eigenvalue weighted by Gasteiger charge is 2.26. The van der Waals surface area contributed by atoms with E-state index in [0.29, 0.717) is 19.0 Å². The molecule has 1 aromatic rings. The molecule has 1 amide bonds. The first-order valence-corrected chi connectivity index (χ1v) is 8.31. The Morgan fingerprint density at radius 2 is 2.00 bits per heavy atom. The van der Waals surface area contributed by atoms with Crippen molar-refractivity contribution in [3.63, 3.8) is 0 Å². The first-order chi connectivity index (χ1) is 11.0. The lowest BCUT2D eigenvalue weighted by atomic mass is 9.96. The average molecular weight is 318 g/mol. The molecule has 0 bridgehead atoms. The van der Waals surface area contributed by atoms with Crippen LogP contribution in [0.1, 0.15) is 42.6 Å². The topological polar surface area (TPSA) is 69.6 Å². The Kier molecular flexibility index (Phi) is 6.16. The van der Waals surface area contributed by atoms with Gasteiger partial charge in [0, 0.05) is 19.1 Å². The Morgan fingerprint density at radius 3 is 2.61 bits per heavy atom. The fraction of sp³-hybridized carbons (Fsp3) is 0.556. The van der Waals surface area contributed by atoms with Gasteiger partial charge in [0.1, 0.15) is 0 Å². The largest absolute Gasteiger partial charge is 0.478 e. The number of hydrogen-bond acceptors (Lipinski definition) is 3. The molecule has 2 N–H and O–H groups in total. The van der Waals surface area contributed by atoms with E-state index in [1.165, 1.54) is 0 Å². The first-order valence-electron chi connectivity index (χ1n) is 8.31. The van der Waals surface area contributed by atoms with Crippen LogP contribution < -0.4 is 5.32 Å². The van der Waals surface area contributed by atoms with Crippen LogP contribution in [-0.2, 0) is 11.2 Å². The van der Waals surface area contributed by atoms with Crippen molar-refractivity contribution in [2.24, 2.45) is 5.92 Å². The van der Waals surface area contributed by atoms with E-state index >= 15 is 0 Å². The van der Waals surface area contributed by atoms with E-state index in [-0.39, 0.29) is 17.4 Å². The zero-order valence-electron chi connectivity index (χ0n) is 13.9. The molecule has 126 valence electrons. The smallest absolute Gasteiger partial charge is 0.335 e. The Labute approximate surface area is 137 Å². The van der Waals surface area contributed by atoms with Gasteiger partial charge in [-0.1, -0.05) is 12.1 Å². The number of carboxylic acid groups (broad SMARTS) is 1. The molecule has 1 heterocycles. The number of amides is 1. The van der Waals surface area contributed by atoms with Crippen LogP contribution in [0.15, 0.2) is 24.3 Å². The van der Waals surface area contributed by atoms with Crippen molar-refractivity contribution in [1.29, 1.82) is 0 Å². The van der Waals surface area contributed by atoms with Gasteiger partial charge in [-0.15, -0.1) is 0 Å². The summed E-state index contributed by atoms with van der Waals surface area (Å²) in [5.41, 5.74) is 1.32. The van der Waals surface area contributed by atoms with E-state index in [2.05, 4.69) is 24.1 Å². The second-order valence-electron chi connectivity index (χ2n) is 6.47. The molecular weight excluding hydrogens is 292 g/mol. The number of aromatic carboxylic acids is 1. The zero-order valence-corrected chi connectivity index (χ0v) is 13.9. The standard InChI is InChI=1S/C18H26N2O3/c1-13(2)20-11-3-4-16(12-20)17(21)19-10-9-14-5-7-15(8-6-14)18(22)23/h5-8,13,16H,3-4,9-12H2,1-2H3,(H,19,21)(H,22,23)/t16-/m1/s1. The molecule has 1 fully saturated rings. The Hall–Kier alpha value is -1.88. The first kappa shape index (κ1) is 17.5. The van der Waals surface area contributed by atoms with Crippen LogP contribution in [0.5, 0.6) is 0 Å². The molecule has 1 aromatic carbocycles. The van der Waals surface area contributed by atoms with Gasteiger partial charge in [0.25, 0.3) is 0 Å². The fourth-order valence-corrected chi connectivity index (χ4v) is 2.98. The van der Waals surface area contributed by atoms with Crippen LogP contribution in [0.2, 0.25) is 0 Å². The molecule has 1 saturated heterocycles. The zero-order chi connectivity index (χ0) is 16.8. The monoisotopic (exact) mass is 318 g/mol. The maximum Gasteiger partial charge on any atom is 0.335 e. The summed E-state index contributed by atoms with van der Waals surface area (Å²) in [5, 5.41) is 11.9. The maximum atomic E-state index is 12.3. The van der Waals surface area contributed by atoms with Crippen molar-refractivity contribution in [1.82, 2.24) is 10.2 Å². The van der Waals surface area contributed by atoms with Crippen LogP contribution >= 0.6 is 0 Å². The second kappa shape index (κ2) is 8.11. The third kappa shape index (κ3) is 5.06. The summed E-state index contributed by atoms with van der Waals surface area (Å²) >= 11 is 0. The lowest BCUT2D eigenvalue weighted by molar-refractivity contribution is -0.126. The molecule has 23 heavy (non-hydrogen) atoms. The predicted molar refractivity (Wildman–Crippen MR) is 89.5 cm³/mol. The molecule has 1 aliphatic heterocycles. The Bertz CT molecular complexity index is 540. The molecule has 0 spiro atoms. The number of piperidine rings is 1. The summed E-state index contributed by atoms with van der Waals surface area (Å²) < 4.78 is 0. The molecule has 0 radical (unpaired) electrons. The van der Waals surface area contributed by atoms with Crippen molar-refractivity contribution in [2.45, 2.75) is 39.2 Å². The van der Waals surface area contributed by atoms with Gasteiger partial charge in [-0.25, -0.2) is 4.79 Å². The summed E-state index contributed by atoms with van der Waals surface area (Å²) in [6.45, 7) is 6.85. The van der Waals surface area contributed by atoms with E-state index in [0.717, 1.165) is 31.5 Å². The SMILES string of the molecule is CC(C)N1CCC[C@@H](C(=O)NCCc2ccc(C(=O)O)cc2)C1. The normalized spacial score (nSPS) is 18.8. The highest BCUT2D eigenvalue weighted by atomic mass is 16.4. The van der Waals surface area contributed by atoms with Crippen molar-refractivity contribution in [3.05, 3.63) is 35.4 Å². The molecule has 0 aliphatic carbocycles. The molecule has 0 unspecified atom stereocenters. The van der Waals surface area contributed by atoms with Gasteiger partial charge in [-0.3, -0.25) is 4.79 Å². The summed E-state index contributed by atoms with van der Waals surface area (Å²) in [6.07, 6.45) is 2.75. The Morgan fingerprint density at radius 1 is 1.30 bits per heavy atom. The van der Waals surface area contributed by atoms with E-state index in [9.17, 15) is 9.59 Å². The number of benzene rings is 1. The summed E-state index contributed by atoms with van der Waals surface area (Å²) in [7, 11) is 0. The number of carbonyl (C=O) groups excluding carboxylic acids is 1. The molecule has 5 heteroatoms. The van der Waals surface area contributed by atoms with Gasteiger partial charge in [0.2, 0.25) is 5.91 Å². The van der Waals surface area contributed by atoms with Crippen LogP contribution in [0.3, 0.4) is 0 Å². The summed E-state index contributed by atoms with van der Waals surface area (Å²) in [6, 6.07) is 7.29. The minimum atomic E-state index is -0.920. The lowest BCUT2D eigenvalue weighted by Crippen LogP contribution is -2.45. The van der Waals surface area contributed by atoms with Gasteiger partial charge in [0.05, 0.1) is 11.5 Å². The molecular formula is C18H26N2O3. The van der Waals surface area contributed by atoms with E-state index in [1.807, 2.05) is 0 Å². The average Bonchev–Trinajstić information content (AvgIpc) is 2.55. The molecule has 0 aromatic heterocycles. The lowest BCUT2D eigenvalue weighted by Gasteiger charge is -2.34. The number of carbonyl (C=O) groups is 2. The van der Waals surface area contributed by atoms with Crippen LogP contribution in [0, 0.1) is 5.92 Å². The van der Waals surface area contributed by atoms with Crippen molar-refractivity contribution < 1.29 is 14.7 Å². The fourth-order valence-electron chi connectivity index (χ4n) is 2.98. The maximum absolute atomic E-state index is 12.3. The number of nitrogens with zero attached hydrogens (tertiary/aromatic N) is 1. The highest BCUT2D eigenvalue weighted by molar-refractivity contribution is 5.87. The van der Waals surface area contributed by atoms with Crippen molar-refractivity contribution >= 4 is 11.9 Å². The predicted octanol–water partition coefficient (Wildman–Crippen LogP) is 2.16. The van der Waals surface area contributed by atoms with Crippen LogP contribution in [0.25, 0.3) is 0 Å². The molecule has 1 atom stereocenters. The van der Waals surface area contributed by atoms with Gasteiger partial charge in [-0.05, 0) is 57.4 Å². The second-order valence-corrected chi connectivity index (χ2v) is 6.47. The number of likely N-dealkylation sites (tertiary alicyclic amines) is 1. The summed E-state index contributed by atoms with van der Waals surface area (Å²) in [4.78, 5) is 25.4. The quantitative estimate of drug-likeness (QED) is 0.843. The highest BCUT2D eigenvalue weighted by Crippen LogP contribution is 2.18. The van der Waals surface area contributed by atoms with Gasteiger partial charge in [-0.2, -0.15) is 0 Å². The molecule has 2 rings (SSSR count). The van der Waals surface area contributed by atoms with Crippen molar-refractivity contribution in [2.75, 3.05) is 19.6 Å². The minimum Gasteiger partial charge on any atom is -0.478 e. The third-order valence-electron chi connectivity index (χ3n) is 4.47. The van der Waals surface area contributed by atoms with E-state index < -0.39 is 5.97 Å². The molecule has 1 aliphatic rings. The molecule has 5 nitrogen and oxygen atoms in total. The minimum absolute atomic E-state index is 0.0838. The number of rotatable bonds is 6. The van der Waals surface area contributed by atoms with Crippen LogP contribution in [0.4, 0.5) is 0 Å². The number of carboxylic acids is 1. The van der Waals surface area contributed by atoms with Gasteiger partial charge in [0.15, 0.2) is 0 Å². The van der Waals surface area contributed by atoms with Crippen LogP contribution in [-0.4, -0.2) is 47.6 Å². The van der Waals surface area contributed by atoms with Crippen molar-refractivity contribution in [3.8, 4) is 0 Å². The Balaban J connectivity index is 1.77. The van der Waals surface area contributed by atoms with Gasteiger partial charge >= 0.3 is 5.97 Å². The van der Waals surface area contributed by atoms with E-state index in [1.54, 1.807) is 24.3 Å². The van der Waals surface area contributed by atoms with Gasteiger partial charge < -0.3 is 15.3 Å².